The van der Waals surface area contributed by atoms with E-state index in [-0.39, 0.29) is 0 Å². The predicted octanol–water partition coefficient (Wildman–Crippen LogP) is 3.29. The number of azide groups is 1. The smallest absolute Gasteiger partial charge is 0.0517 e. The molecule has 1 rings (SSSR count). The van der Waals surface area contributed by atoms with E-state index >= 15 is 0 Å². The maximum absolute atomic E-state index is 8.31. The molecule has 0 bridgehead atoms. The molecule has 0 aliphatic carbocycles. The second-order valence-electron chi connectivity index (χ2n) is 3.50. The molecule has 1 aromatic rings. The number of nitrogens with two attached hydrogens (primary N) is 1. The largest absolute Gasteiger partial charge is 0.398 e. The van der Waals surface area contributed by atoms with Crippen LogP contribution in [0.5, 0.6) is 0 Å². The highest BCUT2D eigenvalue weighted by molar-refractivity contribution is 7.80. The Morgan fingerprint density at radius 2 is 1.87 bits per heavy atom. The van der Waals surface area contributed by atoms with Gasteiger partial charge in [0.15, 0.2) is 0 Å². The van der Waals surface area contributed by atoms with Crippen molar-refractivity contribution < 1.29 is 0 Å². The Labute approximate surface area is 94.5 Å². The molecule has 0 spiro atoms. The number of rotatable bonds is 2. The number of hydrogen-bond donors (Lipinski definition) is 2. The number of anilines is 1. The first-order valence-corrected chi connectivity index (χ1v) is 5.03. The van der Waals surface area contributed by atoms with Gasteiger partial charge in [-0.25, -0.2) is 0 Å². The average Bonchev–Trinajstić information content (AvgIpc) is 2.24. The van der Waals surface area contributed by atoms with Crippen LogP contribution in [-0.2, 0) is 6.54 Å². The fourth-order valence-electron chi connectivity index (χ4n) is 1.62. The van der Waals surface area contributed by atoms with E-state index < -0.39 is 0 Å². The van der Waals surface area contributed by atoms with Gasteiger partial charge in [0.2, 0.25) is 0 Å². The van der Waals surface area contributed by atoms with Crippen LogP contribution < -0.4 is 5.73 Å². The number of benzene rings is 1. The summed E-state index contributed by atoms with van der Waals surface area (Å²) in [5.74, 6) is 0. The van der Waals surface area contributed by atoms with Crippen molar-refractivity contribution in [3.63, 3.8) is 0 Å². The topological polar surface area (TPSA) is 74.8 Å². The van der Waals surface area contributed by atoms with E-state index in [0.717, 1.165) is 32.8 Å². The summed E-state index contributed by atoms with van der Waals surface area (Å²) in [7, 11) is 0. The van der Waals surface area contributed by atoms with E-state index in [1.807, 2.05) is 20.8 Å². The molecule has 80 valence electrons. The van der Waals surface area contributed by atoms with Crippen LogP contribution in [0.2, 0.25) is 0 Å². The van der Waals surface area contributed by atoms with Gasteiger partial charge in [-0.3, -0.25) is 0 Å². The van der Waals surface area contributed by atoms with Gasteiger partial charge in [0.1, 0.15) is 0 Å². The monoisotopic (exact) mass is 222 g/mol. The molecular formula is C10H14N4S. The van der Waals surface area contributed by atoms with Crippen molar-refractivity contribution in [3.8, 4) is 0 Å². The van der Waals surface area contributed by atoms with E-state index in [4.69, 9.17) is 11.3 Å². The normalized spacial score (nSPS) is 9.87. The lowest BCUT2D eigenvalue weighted by atomic mass is 9.97. The number of hydrogen-bond acceptors (Lipinski definition) is 3. The summed E-state index contributed by atoms with van der Waals surface area (Å²) in [4.78, 5) is 3.63. The third-order valence-corrected chi connectivity index (χ3v) is 3.39. The highest BCUT2D eigenvalue weighted by Gasteiger charge is 2.12. The lowest BCUT2D eigenvalue weighted by Crippen LogP contribution is -2.02. The van der Waals surface area contributed by atoms with Gasteiger partial charge in [0.05, 0.1) is 6.54 Å². The van der Waals surface area contributed by atoms with Gasteiger partial charge >= 0.3 is 0 Å². The molecule has 0 radical (unpaired) electrons. The van der Waals surface area contributed by atoms with E-state index in [0.29, 0.717) is 6.54 Å². The maximum Gasteiger partial charge on any atom is 0.0517 e. The molecule has 0 heterocycles. The van der Waals surface area contributed by atoms with Crippen LogP contribution in [0.1, 0.15) is 22.3 Å². The molecule has 0 fully saturated rings. The van der Waals surface area contributed by atoms with Crippen LogP contribution in [0.15, 0.2) is 10.0 Å². The molecule has 0 atom stereocenters. The van der Waals surface area contributed by atoms with Crippen molar-refractivity contribution in [2.45, 2.75) is 32.2 Å². The zero-order valence-electron chi connectivity index (χ0n) is 9.07. The van der Waals surface area contributed by atoms with Crippen molar-refractivity contribution in [1.82, 2.24) is 0 Å². The van der Waals surface area contributed by atoms with Gasteiger partial charge in [-0.15, -0.1) is 12.6 Å². The lowest BCUT2D eigenvalue weighted by molar-refractivity contribution is 0.987. The number of thiol groups is 1. The van der Waals surface area contributed by atoms with Gasteiger partial charge in [-0.1, -0.05) is 5.11 Å². The Morgan fingerprint density at radius 1 is 1.27 bits per heavy atom. The molecule has 0 aliphatic rings. The Kier molecular flexibility index (Phi) is 3.50. The maximum atomic E-state index is 8.31. The van der Waals surface area contributed by atoms with Crippen molar-refractivity contribution >= 4 is 18.3 Å². The van der Waals surface area contributed by atoms with Crippen LogP contribution in [0, 0.1) is 20.8 Å². The summed E-state index contributed by atoms with van der Waals surface area (Å²) in [6.07, 6.45) is 0. The van der Waals surface area contributed by atoms with Gasteiger partial charge in [0.25, 0.3) is 0 Å². The fourth-order valence-corrected chi connectivity index (χ4v) is 1.87. The zero-order chi connectivity index (χ0) is 11.6. The third kappa shape index (κ3) is 2.03. The summed E-state index contributed by atoms with van der Waals surface area (Å²) in [6.45, 7) is 6.16. The Bertz CT molecular complexity index is 418. The number of nitrogen functional groups attached to an aromatic ring is 1. The quantitative estimate of drug-likeness (QED) is 0.260. The van der Waals surface area contributed by atoms with Gasteiger partial charge < -0.3 is 5.73 Å². The van der Waals surface area contributed by atoms with E-state index in [1.54, 1.807) is 0 Å². The van der Waals surface area contributed by atoms with Gasteiger partial charge in [-0.2, -0.15) is 0 Å². The second-order valence-corrected chi connectivity index (χ2v) is 3.95. The van der Waals surface area contributed by atoms with E-state index in [9.17, 15) is 0 Å². The summed E-state index contributed by atoms with van der Waals surface area (Å²) >= 11 is 4.41. The molecule has 4 nitrogen and oxygen atoms in total. The molecular weight excluding hydrogens is 208 g/mol. The summed E-state index contributed by atoms with van der Waals surface area (Å²) < 4.78 is 0. The van der Waals surface area contributed by atoms with Crippen LogP contribution in [0.25, 0.3) is 10.4 Å². The number of nitrogens with zero attached hydrogens (tertiary/aromatic N) is 3. The first-order valence-electron chi connectivity index (χ1n) is 4.58. The molecule has 1 aromatic carbocycles. The van der Waals surface area contributed by atoms with Crippen molar-refractivity contribution in [3.05, 3.63) is 32.7 Å². The SMILES string of the molecule is Cc1c(N)c(C)c(CN=[N+]=[N-])c(C)c1S. The standard InChI is InChI=1S/C10H14N4S/c1-5-8(4-13-14-12)6(2)10(15)7(3)9(5)11/h15H,4,11H2,1-3H3. The highest BCUT2D eigenvalue weighted by Crippen LogP contribution is 2.31. The first-order chi connectivity index (χ1) is 7.00. The second kappa shape index (κ2) is 4.47. The third-order valence-electron chi connectivity index (χ3n) is 2.72. The highest BCUT2D eigenvalue weighted by atomic mass is 32.1. The van der Waals surface area contributed by atoms with E-state index in [2.05, 4.69) is 22.7 Å². The van der Waals surface area contributed by atoms with Gasteiger partial charge in [0, 0.05) is 15.5 Å². The molecule has 0 saturated carbocycles. The van der Waals surface area contributed by atoms with Crippen LogP contribution in [0.3, 0.4) is 0 Å². The molecule has 0 aromatic heterocycles. The Hall–Kier alpha value is -1.32. The summed E-state index contributed by atoms with van der Waals surface area (Å²) in [6, 6.07) is 0. The van der Waals surface area contributed by atoms with Crippen molar-refractivity contribution in [2.24, 2.45) is 5.11 Å². The summed E-state index contributed by atoms with van der Waals surface area (Å²) in [5.41, 5.74) is 19.0. The molecule has 15 heavy (non-hydrogen) atoms. The average molecular weight is 222 g/mol. The minimum atomic E-state index is 0.326. The molecule has 0 aliphatic heterocycles. The molecule has 0 amide bonds. The molecule has 2 N–H and O–H groups in total. The Morgan fingerprint density at radius 3 is 2.40 bits per heavy atom. The molecule has 5 heteroatoms. The molecule has 0 saturated heterocycles. The van der Waals surface area contributed by atoms with Crippen LogP contribution in [-0.4, -0.2) is 0 Å². The lowest BCUT2D eigenvalue weighted by Gasteiger charge is -2.16. The Balaban J connectivity index is 3.44. The minimum absolute atomic E-state index is 0.326. The fraction of sp³-hybridized carbons (Fsp3) is 0.400. The minimum Gasteiger partial charge on any atom is -0.398 e. The van der Waals surface area contributed by atoms with Crippen LogP contribution >= 0.6 is 12.6 Å². The zero-order valence-corrected chi connectivity index (χ0v) is 9.97. The summed E-state index contributed by atoms with van der Waals surface area (Å²) in [5, 5.41) is 3.57. The molecule has 0 unspecified atom stereocenters. The first kappa shape index (κ1) is 11.8. The van der Waals surface area contributed by atoms with Crippen LogP contribution in [0.4, 0.5) is 5.69 Å². The van der Waals surface area contributed by atoms with E-state index in [1.165, 1.54) is 0 Å². The van der Waals surface area contributed by atoms with Crippen molar-refractivity contribution in [1.29, 1.82) is 0 Å². The predicted molar refractivity (Wildman–Crippen MR) is 65.2 cm³/mol. The van der Waals surface area contributed by atoms with Gasteiger partial charge in [-0.05, 0) is 48.6 Å². The van der Waals surface area contributed by atoms with Crippen molar-refractivity contribution in [2.75, 3.05) is 5.73 Å².